The fourth-order valence-electron chi connectivity index (χ4n) is 3.88. The van der Waals surface area contributed by atoms with Crippen molar-refractivity contribution in [2.24, 2.45) is 0 Å². The predicted molar refractivity (Wildman–Crippen MR) is 97.9 cm³/mol. The number of rotatable bonds is 3. The van der Waals surface area contributed by atoms with Gasteiger partial charge in [0.25, 0.3) is 0 Å². The molecule has 1 heterocycles. The number of halogens is 1. The Bertz CT molecular complexity index is 797. The van der Waals surface area contributed by atoms with Crippen LogP contribution in [0.3, 0.4) is 0 Å². The number of hydrogen-bond acceptors (Lipinski definition) is 4. The minimum atomic E-state index is -0.110. The molecule has 0 amide bonds. The minimum Gasteiger partial charge on any atom is -0.484 e. The van der Waals surface area contributed by atoms with E-state index in [1.54, 1.807) is 6.07 Å². The largest absolute Gasteiger partial charge is 0.484 e. The quantitative estimate of drug-likeness (QED) is 0.920. The van der Waals surface area contributed by atoms with Gasteiger partial charge >= 0.3 is 0 Å². The van der Waals surface area contributed by atoms with Gasteiger partial charge in [0.15, 0.2) is 0 Å². The van der Waals surface area contributed by atoms with Crippen LogP contribution in [0.1, 0.15) is 22.8 Å². The van der Waals surface area contributed by atoms with Crippen molar-refractivity contribution in [1.82, 2.24) is 10.2 Å². The number of piperazine rings is 1. The minimum absolute atomic E-state index is 0.110. The normalized spacial score (nSPS) is 23.0. The Balaban J connectivity index is 1.73. The standard InChI is InChI=1S/C20H20ClN3O/c21-15-10-14(13-22)17-12-19(24-8-6-23-7-9-24)20(18(17)11-15)25-16-4-2-1-3-5-16/h1-5,10-11,19-20,23H,6-9,12H2/t19-,20-/m0/s1. The van der Waals surface area contributed by atoms with Crippen molar-refractivity contribution in [1.29, 1.82) is 5.26 Å². The van der Waals surface area contributed by atoms with E-state index in [0.717, 1.165) is 49.5 Å². The lowest BCUT2D eigenvalue weighted by Gasteiger charge is -2.36. The van der Waals surface area contributed by atoms with Crippen LogP contribution in [0.5, 0.6) is 5.75 Å². The van der Waals surface area contributed by atoms with Gasteiger partial charge < -0.3 is 10.1 Å². The number of para-hydroxylation sites is 1. The molecule has 2 aromatic carbocycles. The van der Waals surface area contributed by atoms with E-state index in [2.05, 4.69) is 16.3 Å². The van der Waals surface area contributed by atoms with E-state index < -0.39 is 0 Å². The molecule has 0 unspecified atom stereocenters. The Morgan fingerprint density at radius 2 is 1.92 bits per heavy atom. The van der Waals surface area contributed by atoms with Crippen molar-refractivity contribution in [2.75, 3.05) is 26.2 Å². The highest BCUT2D eigenvalue weighted by Crippen LogP contribution is 2.41. The number of nitrogens with one attached hydrogen (secondary N) is 1. The molecular weight excluding hydrogens is 334 g/mol. The van der Waals surface area contributed by atoms with Gasteiger partial charge in [-0.2, -0.15) is 5.26 Å². The average Bonchev–Trinajstić information content (AvgIpc) is 3.01. The monoisotopic (exact) mass is 353 g/mol. The summed E-state index contributed by atoms with van der Waals surface area (Å²) in [6.45, 7) is 3.94. The molecular formula is C20H20ClN3O. The van der Waals surface area contributed by atoms with E-state index in [4.69, 9.17) is 16.3 Å². The van der Waals surface area contributed by atoms with Crippen LogP contribution in [0.2, 0.25) is 5.02 Å². The van der Waals surface area contributed by atoms with E-state index in [0.29, 0.717) is 10.6 Å². The van der Waals surface area contributed by atoms with E-state index in [1.165, 1.54) is 0 Å². The molecule has 0 bridgehead atoms. The Labute approximate surface area is 153 Å². The van der Waals surface area contributed by atoms with Gasteiger partial charge in [-0.15, -0.1) is 0 Å². The molecule has 5 heteroatoms. The average molecular weight is 354 g/mol. The maximum absolute atomic E-state index is 9.53. The molecule has 1 fully saturated rings. The van der Waals surface area contributed by atoms with Gasteiger partial charge in [0.2, 0.25) is 0 Å². The summed E-state index contributed by atoms with van der Waals surface area (Å²) >= 11 is 6.28. The molecule has 1 N–H and O–H groups in total. The van der Waals surface area contributed by atoms with Crippen LogP contribution in [0, 0.1) is 11.3 Å². The van der Waals surface area contributed by atoms with Crippen molar-refractivity contribution in [3.63, 3.8) is 0 Å². The van der Waals surface area contributed by atoms with Crippen molar-refractivity contribution < 1.29 is 4.74 Å². The van der Waals surface area contributed by atoms with Gasteiger partial charge in [-0.1, -0.05) is 29.8 Å². The summed E-state index contributed by atoms with van der Waals surface area (Å²) in [5.41, 5.74) is 2.80. The third kappa shape index (κ3) is 3.23. The summed E-state index contributed by atoms with van der Waals surface area (Å²) in [7, 11) is 0. The van der Waals surface area contributed by atoms with Gasteiger partial charge in [0, 0.05) is 31.2 Å². The number of nitriles is 1. The van der Waals surface area contributed by atoms with E-state index in [-0.39, 0.29) is 12.1 Å². The summed E-state index contributed by atoms with van der Waals surface area (Å²) in [6, 6.07) is 16.1. The van der Waals surface area contributed by atoms with E-state index >= 15 is 0 Å². The Morgan fingerprint density at radius 3 is 2.64 bits per heavy atom. The fraction of sp³-hybridized carbons (Fsp3) is 0.350. The molecule has 2 atom stereocenters. The number of fused-ring (bicyclic) bond motifs is 1. The lowest BCUT2D eigenvalue weighted by molar-refractivity contribution is 0.0694. The molecule has 2 aliphatic rings. The van der Waals surface area contributed by atoms with Crippen molar-refractivity contribution in [3.05, 3.63) is 64.2 Å². The summed E-state index contributed by atoms with van der Waals surface area (Å²) in [5, 5.41) is 13.5. The highest BCUT2D eigenvalue weighted by molar-refractivity contribution is 6.30. The fourth-order valence-corrected chi connectivity index (χ4v) is 4.11. The summed E-state index contributed by atoms with van der Waals surface area (Å²) < 4.78 is 6.39. The lowest BCUT2D eigenvalue weighted by Crippen LogP contribution is -2.50. The molecule has 128 valence electrons. The Kier molecular flexibility index (Phi) is 4.63. The SMILES string of the molecule is N#Cc1cc(Cl)cc2c1C[C@H](N1CCNCC1)[C@H]2Oc1ccccc1. The van der Waals surface area contributed by atoms with Crippen molar-refractivity contribution >= 4 is 11.6 Å². The second-order valence-corrected chi connectivity index (χ2v) is 6.98. The smallest absolute Gasteiger partial charge is 0.140 e. The third-order valence-electron chi connectivity index (χ3n) is 5.07. The van der Waals surface area contributed by atoms with Crippen LogP contribution in [0.15, 0.2) is 42.5 Å². The molecule has 1 saturated heterocycles. The van der Waals surface area contributed by atoms with Gasteiger partial charge in [-0.05, 0) is 41.8 Å². The molecule has 1 aliphatic heterocycles. The summed E-state index contributed by atoms with van der Waals surface area (Å²) in [4.78, 5) is 2.47. The van der Waals surface area contributed by atoms with Crippen molar-refractivity contribution in [2.45, 2.75) is 18.6 Å². The first kappa shape index (κ1) is 16.4. The molecule has 0 saturated carbocycles. The number of benzene rings is 2. The summed E-state index contributed by atoms with van der Waals surface area (Å²) in [5.74, 6) is 0.846. The first-order valence-electron chi connectivity index (χ1n) is 8.65. The molecule has 2 aromatic rings. The van der Waals surface area contributed by atoms with Crippen molar-refractivity contribution in [3.8, 4) is 11.8 Å². The third-order valence-corrected chi connectivity index (χ3v) is 5.28. The van der Waals surface area contributed by atoms with Crippen LogP contribution in [-0.4, -0.2) is 37.1 Å². The second kappa shape index (κ2) is 7.05. The van der Waals surface area contributed by atoms with Gasteiger partial charge in [-0.25, -0.2) is 0 Å². The number of ether oxygens (including phenoxy) is 1. The Hall–Kier alpha value is -2.06. The van der Waals surface area contributed by atoms with Crippen LogP contribution >= 0.6 is 11.6 Å². The van der Waals surface area contributed by atoms with Gasteiger partial charge in [-0.3, -0.25) is 4.90 Å². The second-order valence-electron chi connectivity index (χ2n) is 6.54. The van der Waals surface area contributed by atoms with Crippen LogP contribution in [0.4, 0.5) is 0 Å². The lowest BCUT2D eigenvalue weighted by atomic mass is 10.0. The highest BCUT2D eigenvalue weighted by atomic mass is 35.5. The van der Waals surface area contributed by atoms with Crippen LogP contribution in [0.25, 0.3) is 0 Å². The molecule has 1 aliphatic carbocycles. The Morgan fingerprint density at radius 1 is 1.16 bits per heavy atom. The van der Waals surface area contributed by atoms with E-state index in [1.807, 2.05) is 36.4 Å². The molecule has 0 radical (unpaired) electrons. The zero-order valence-electron chi connectivity index (χ0n) is 13.9. The van der Waals surface area contributed by atoms with E-state index in [9.17, 15) is 5.26 Å². The zero-order valence-corrected chi connectivity index (χ0v) is 14.7. The first-order valence-corrected chi connectivity index (χ1v) is 9.03. The van der Waals surface area contributed by atoms with Gasteiger partial charge in [0.05, 0.1) is 17.7 Å². The molecule has 4 rings (SSSR count). The molecule has 4 nitrogen and oxygen atoms in total. The number of nitrogens with zero attached hydrogens (tertiary/aromatic N) is 2. The van der Waals surface area contributed by atoms with Crippen LogP contribution < -0.4 is 10.1 Å². The molecule has 25 heavy (non-hydrogen) atoms. The molecule has 0 spiro atoms. The topological polar surface area (TPSA) is 48.3 Å². The summed E-state index contributed by atoms with van der Waals surface area (Å²) in [6.07, 6.45) is 0.716. The van der Waals surface area contributed by atoms with Gasteiger partial charge in [0.1, 0.15) is 11.9 Å². The maximum atomic E-state index is 9.53. The van der Waals surface area contributed by atoms with Crippen LogP contribution in [-0.2, 0) is 6.42 Å². The molecule has 0 aromatic heterocycles. The first-order chi connectivity index (χ1) is 12.3. The highest BCUT2D eigenvalue weighted by Gasteiger charge is 2.40. The predicted octanol–water partition coefficient (Wildman–Crippen LogP) is 3.16. The number of hydrogen-bond donors (Lipinski definition) is 1. The zero-order chi connectivity index (χ0) is 17.2. The maximum Gasteiger partial charge on any atom is 0.140 e.